The van der Waals surface area contributed by atoms with Crippen LogP contribution in [-0.2, 0) is 11.3 Å². The summed E-state index contributed by atoms with van der Waals surface area (Å²) >= 11 is 1.75. The van der Waals surface area contributed by atoms with Gasteiger partial charge in [-0.2, -0.15) is 9.78 Å². The number of hydrogen-bond donors (Lipinski definition) is 0. The summed E-state index contributed by atoms with van der Waals surface area (Å²) < 4.78 is 7.03. The van der Waals surface area contributed by atoms with E-state index >= 15 is 0 Å². The Kier molecular flexibility index (Phi) is 6.24. The van der Waals surface area contributed by atoms with Gasteiger partial charge in [0, 0.05) is 41.7 Å². The molecule has 0 aromatic carbocycles. The second-order valence-electron chi connectivity index (χ2n) is 7.62. The Labute approximate surface area is 180 Å². The van der Waals surface area contributed by atoms with Crippen molar-refractivity contribution in [1.29, 1.82) is 0 Å². The summed E-state index contributed by atoms with van der Waals surface area (Å²) in [6.07, 6.45) is 7.80. The third kappa shape index (κ3) is 4.15. The molecule has 0 N–H and O–H groups in total. The molecule has 1 fully saturated rings. The van der Waals surface area contributed by atoms with E-state index in [1.54, 1.807) is 35.5 Å². The molecule has 3 aromatic rings. The molecule has 4 rings (SSSR count). The normalized spacial score (nSPS) is 14.7. The number of rotatable bonds is 5. The van der Waals surface area contributed by atoms with Crippen molar-refractivity contribution in [2.75, 3.05) is 20.2 Å². The number of aromatic nitrogens is 4. The molecule has 1 saturated heterocycles. The maximum Gasteiger partial charge on any atom is 0.257 e. The van der Waals surface area contributed by atoms with Gasteiger partial charge in [0.05, 0.1) is 29.8 Å². The van der Waals surface area contributed by atoms with Crippen LogP contribution >= 0.6 is 11.3 Å². The molecule has 0 bridgehead atoms. The molecule has 30 heavy (non-hydrogen) atoms. The number of methoxy groups -OCH3 is 1. The fourth-order valence-electron chi connectivity index (χ4n) is 3.93. The molecule has 0 spiro atoms. The fourth-order valence-corrected chi connectivity index (χ4v) is 4.86. The van der Waals surface area contributed by atoms with Gasteiger partial charge in [0.15, 0.2) is 0 Å². The van der Waals surface area contributed by atoms with Gasteiger partial charge in [-0.05, 0) is 38.8 Å². The van der Waals surface area contributed by atoms with Crippen molar-refractivity contribution in [3.63, 3.8) is 0 Å². The minimum Gasteiger partial charge on any atom is -0.378 e. The van der Waals surface area contributed by atoms with E-state index in [1.807, 2.05) is 11.0 Å². The Balaban J connectivity index is 1.70. The number of thiophene rings is 1. The van der Waals surface area contributed by atoms with Crippen LogP contribution in [0.2, 0.25) is 0 Å². The van der Waals surface area contributed by atoms with Gasteiger partial charge in [-0.25, -0.2) is 9.97 Å². The first kappa shape index (κ1) is 20.7. The lowest BCUT2D eigenvalue weighted by atomic mass is 10.2. The molecule has 0 aliphatic carbocycles. The molecular weight excluding hydrogens is 398 g/mol. The zero-order valence-corrected chi connectivity index (χ0v) is 18.5. The summed E-state index contributed by atoms with van der Waals surface area (Å²) in [6, 6.07) is 4.04. The lowest BCUT2D eigenvalue weighted by molar-refractivity contribution is 0.0756. The standard InChI is InChI=1S/C22H27N5O2S/c1-15-12-17(16(2)30-15)19-8-9-23-22(25-19)27-20(14-29-3)18(13-24-27)21(28)26-10-6-4-5-7-11-26/h8-9,12-13H,4-7,10-11,14H2,1-3H3. The molecule has 1 aliphatic rings. The Morgan fingerprint density at radius 3 is 2.63 bits per heavy atom. The van der Waals surface area contributed by atoms with E-state index in [0.29, 0.717) is 17.2 Å². The molecule has 0 saturated carbocycles. The van der Waals surface area contributed by atoms with Crippen LogP contribution in [0, 0.1) is 13.8 Å². The number of carbonyl (C=O) groups excluding carboxylic acids is 1. The molecule has 1 aliphatic heterocycles. The average Bonchev–Trinajstić information content (AvgIpc) is 3.18. The number of carbonyl (C=O) groups is 1. The summed E-state index contributed by atoms with van der Waals surface area (Å²) in [4.78, 5) is 26.8. The van der Waals surface area contributed by atoms with E-state index in [-0.39, 0.29) is 12.5 Å². The average molecular weight is 426 g/mol. The lowest BCUT2D eigenvalue weighted by Gasteiger charge is -2.20. The minimum absolute atomic E-state index is 0.00987. The maximum absolute atomic E-state index is 13.2. The zero-order valence-electron chi connectivity index (χ0n) is 17.7. The van der Waals surface area contributed by atoms with Crippen LogP contribution in [0.15, 0.2) is 24.5 Å². The molecule has 7 nitrogen and oxygen atoms in total. The highest BCUT2D eigenvalue weighted by molar-refractivity contribution is 7.12. The van der Waals surface area contributed by atoms with Gasteiger partial charge >= 0.3 is 0 Å². The van der Waals surface area contributed by atoms with Gasteiger partial charge in [0.25, 0.3) is 11.9 Å². The van der Waals surface area contributed by atoms with Crippen LogP contribution in [0.25, 0.3) is 17.2 Å². The minimum atomic E-state index is 0.00987. The lowest BCUT2D eigenvalue weighted by Crippen LogP contribution is -2.32. The van der Waals surface area contributed by atoms with Crippen LogP contribution in [0.4, 0.5) is 0 Å². The smallest absolute Gasteiger partial charge is 0.257 e. The highest BCUT2D eigenvalue weighted by Gasteiger charge is 2.25. The van der Waals surface area contributed by atoms with Crippen LogP contribution in [0.5, 0.6) is 0 Å². The van der Waals surface area contributed by atoms with Crippen LogP contribution in [0.1, 0.15) is 51.5 Å². The fraction of sp³-hybridized carbons (Fsp3) is 0.455. The van der Waals surface area contributed by atoms with Gasteiger partial charge in [0.1, 0.15) is 0 Å². The molecular formula is C22H27N5O2S. The molecule has 3 aromatic heterocycles. The molecule has 0 unspecified atom stereocenters. The molecule has 0 atom stereocenters. The largest absolute Gasteiger partial charge is 0.378 e. The Morgan fingerprint density at radius 2 is 1.97 bits per heavy atom. The second kappa shape index (κ2) is 9.06. The van der Waals surface area contributed by atoms with Crippen molar-refractivity contribution in [3.8, 4) is 17.2 Å². The topological polar surface area (TPSA) is 73.1 Å². The summed E-state index contributed by atoms with van der Waals surface area (Å²) in [6.45, 7) is 6.03. The third-order valence-corrected chi connectivity index (χ3v) is 6.39. The highest BCUT2D eigenvalue weighted by atomic mass is 32.1. The van der Waals surface area contributed by atoms with E-state index in [1.165, 1.54) is 22.6 Å². The van der Waals surface area contributed by atoms with Gasteiger partial charge < -0.3 is 9.64 Å². The first-order chi connectivity index (χ1) is 14.6. The summed E-state index contributed by atoms with van der Waals surface area (Å²) in [5.41, 5.74) is 3.20. The first-order valence-corrected chi connectivity index (χ1v) is 11.2. The van der Waals surface area contributed by atoms with Crippen molar-refractivity contribution in [2.24, 2.45) is 0 Å². The van der Waals surface area contributed by atoms with Gasteiger partial charge in [0.2, 0.25) is 0 Å². The van der Waals surface area contributed by atoms with Gasteiger partial charge in [-0.1, -0.05) is 12.8 Å². The van der Waals surface area contributed by atoms with E-state index < -0.39 is 0 Å². The Bertz CT molecular complexity index is 1030. The van der Waals surface area contributed by atoms with E-state index in [4.69, 9.17) is 9.72 Å². The van der Waals surface area contributed by atoms with Crippen LogP contribution < -0.4 is 0 Å². The number of ether oxygens (including phenoxy) is 1. The number of aryl methyl sites for hydroxylation is 2. The van der Waals surface area contributed by atoms with Crippen molar-refractivity contribution < 1.29 is 9.53 Å². The monoisotopic (exact) mass is 425 g/mol. The predicted octanol–water partition coefficient (Wildman–Crippen LogP) is 4.17. The van der Waals surface area contributed by atoms with Crippen molar-refractivity contribution >= 4 is 17.2 Å². The highest BCUT2D eigenvalue weighted by Crippen LogP contribution is 2.29. The van der Waals surface area contributed by atoms with E-state index in [0.717, 1.165) is 37.2 Å². The van der Waals surface area contributed by atoms with Crippen molar-refractivity contribution in [3.05, 3.63) is 45.5 Å². The maximum atomic E-state index is 13.2. The number of likely N-dealkylation sites (tertiary alicyclic amines) is 1. The number of amides is 1. The molecule has 8 heteroatoms. The Morgan fingerprint density at radius 1 is 1.20 bits per heavy atom. The Hall–Kier alpha value is -2.58. The zero-order chi connectivity index (χ0) is 21.1. The third-order valence-electron chi connectivity index (χ3n) is 5.42. The van der Waals surface area contributed by atoms with Crippen molar-refractivity contribution in [2.45, 2.75) is 46.1 Å². The van der Waals surface area contributed by atoms with Gasteiger partial charge in [-0.15, -0.1) is 11.3 Å². The summed E-state index contributed by atoms with van der Waals surface area (Å²) in [5.74, 6) is 0.452. The number of hydrogen-bond acceptors (Lipinski definition) is 6. The molecule has 158 valence electrons. The summed E-state index contributed by atoms with van der Waals surface area (Å²) in [5, 5.41) is 4.47. The number of nitrogens with zero attached hydrogens (tertiary/aromatic N) is 5. The first-order valence-electron chi connectivity index (χ1n) is 10.3. The molecule has 4 heterocycles. The van der Waals surface area contributed by atoms with Crippen molar-refractivity contribution in [1.82, 2.24) is 24.6 Å². The second-order valence-corrected chi connectivity index (χ2v) is 9.09. The predicted molar refractivity (Wildman–Crippen MR) is 117 cm³/mol. The van der Waals surface area contributed by atoms with E-state index in [9.17, 15) is 4.79 Å². The van der Waals surface area contributed by atoms with E-state index in [2.05, 4.69) is 30.0 Å². The van der Waals surface area contributed by atoms with Gasteiger partial charge in [-0.3, -0.25) is 4.79 Å². The molecule has 1 amide bonds. The summed E-state index contributed by atoms with van der Waals surface area (Å²) in [7, 11) is 1.62. The quantitative estimate of drug-likeness (QED) is 0.613. The van der Waals surface area contributed by atoms with Crippen LogP contribution in [0.3, 0.4) is 0 Å². The SMILES string of the molecule is COCc1c(C(=O)N2CCCCCC2)cnn1-c1nccc(-c2cc(C)sc2C)n1. The molecule has 0 radical (unpaired) electrons. The van der Waals surface area contributed by atoms with Crippen LogP contribution in [-0.4, -0.2) is 50.8 Å².